The maximum Gasteiger partial charge on any atom is 0.341 e. The Morgan fingerprint density at radius 3 is 3.06 bits per heavy atom. The van der Waals surface area contributed by atoms with Crippen molar-refractivity contribution in [1.82, 2.24) is 19.1 Å². The predicted molar refractivity (Wildman–Crippen MR) is 64.4 cm³/mol. The number of benzene rings is 1. The van der Waals surface area contributed by atoms with E-state index in [4.69, 9.17) is 4.84 Å². The van der Waals surface area contributed by atoms with E-state index >= 15 is 0 Å². The minimum atomic E-state index is -0.298. The van der Waals surface area contributed by atoms with Gasteiger partial charge in [-0.25, -0.2) is 4.79 Å². The summed E-state index contributed by atoms with van der Waals surface area (Å²) in [5.41, 5.74) is 2.55. The van der Waals surface area contributed by atoms with Crippen LogP contribution in [0.4, 0.5) is 4.79 Å². The summed E-state index contributed by atoms with van der Waals surface area (Å²) in [4.78, 5) is 16.5. The van der Waals surface area contributed by atoms with E-state index in [9.17, 15) is 4.79 Å². The Labute approximate surface area is 102 Å². The Hall–Kier alpha value is -1.73. The van der Waals surface area contributed by atoms with E-state index in [1.165, 1.54) is 12.2 Å². The van der Waals surface area contributed by atoms with Crippen LogP contribution in [0.15, 0.2) is 18.2 Å². The summed E-state index contributed by atoms with van der Waals surface area (Å²) in [5, 5.41) is 3.74. The highest BCUT2D eigenvalue weighted by atomic mass is 32.1. The second-order valence-electron chi connectivity index (χ2n) is 3.32. The van der Waals surface area contributed by atoms with Crippen molar-refractivity contribution in [3.05, 3.63) is 23.8 Å². The molecule has 0 spiro atoms. The number of aromatic nitrogens is 2. The zero-order valence-electron chi connectivity index (χ0n) is 9.51. The van der Waals surface area contributed by atoms with E-state index in [0.29, 0.717) is 6.54 Å². The predicted octanol–water partition coefficient (Wildman–Crippen LogP) is 1.39. The fraction of sp³-hybridized carbons (Fsp3) is 0.300. The Morgan fingerprint density at radius 2 is 2.35 bits per heavy atom. The fourth-order valence-electron chi connectivity index (χ4n) is 1.49. The van der Waals surface area contributed by atoms with Crippen LogP contribution in [0.5, 0.6) is 0 Å². The molecule has 0 bridgehead atoms. The molecule has 7 heteroatoms. The largest absolute Gasteiger partial charge is 0.341 e. The lowest BCUT2D eigenvalue weighted by Gasteiger charge is -2.18. The summed E-state index contributed by atoms with van der Waals surface area (Å²) in [6.07, 6.45) is 0. The van der Waals surface area contributed by atoms with Crippen LogP contribution in [0.1, 0.15) is 5.56 Å². The Bertz CT molecular complexity index is 528. The normalized spacial score (nSPS) is 10.5. The van der Waals surface area contributed by atoms with Crippen LogP contribution in [-0.2, 0) is 11.4 Å². The first kappa shape index (κ1) is 11.7. The average Bonchev–Trinajstić information content (AvgIpc) is 2.83. The highest BCUT2D eigenvalue weighted by molar-refractivity contribution is 7.00. The van der Waals surface area contributed by atoms with Gasteiger partial charge >= 0.3 is 6.03 Å². The van der Waals surface area contributed by atoms with Crippen LogP contribution in [0.2, 0.25) is 0 Å². The van der Waals surface area contributed by atoms with Gasteiger partial charge in [0.25, 0.3) is 0 Å². The van der Waals surface area contributed by atoms with Crippen LogP contribution in [0, 0.1) is 0 Å². The third-order valence-corrected chi connectivity index (χ3v) is 2.89. The number of rotatable bonds is 3. The molecule has 0 radical (unpaired) electrons. The molecule has 0 saturated heterocycles. The molecule has 0 unspecified atom stereocenters. The molecule has 0 aliphatic heterocycles. The first-order valence-electron chi connectivity index (χ1n) is 4.99. The minimum Gasteiger partial charge on any atom is -0.339 e. The second kappa shape index (κ2) is 5.07. The zero-order chi connectivity index (χ0) is 12.3. The Kier molecular flexibility index (Phi) is 3.50. The van der Waals surface area contributed by atoms with Crippen molar-refractivity contribution in [3.63, 3.8) is 0 Å². The van der Waals surface area contributed by atoms with Gasteiger partial charge in [0.05, 0.1) is 25.4 Å². The Balaban J connectivity index is 2.28. The lowest BCUT2D eigenvalue weighted by atomic mass is 10.2. The first-order valence-corrected chi connectivity index (χ1v) is 5.73. The molecular formula is C10H12N4O2S. The van der Waals surface area contributed by atoms with E-state index in [0.717, 1.165) is 28.3 Å². The molecule has 0 aliphatic carbocycles. The van der Waals surface area contributed by atoms with Gasteiger partial charge in [0.15, 0.2) is 0 Å². The van der Waals surface area contributed by atoms with Crippen molar-refractivity contribution in [2.45, 2.75) is 6.54 Å². The van der Waals surface area contributed by atoms with Gasteiger partial charge < -0.3 is 5.32 Å². The molecule has 2 aromatic rings. The lowest BCUT2D eigenvalue weighted by Crippen LogP contribution is -2.36. The average molecular weight is 252 g/mol. The maximum absolute atomic E-state index is 11.5. The number of carbonyl (C=O) groups is 1. The number of nitrogens with one attached hydrogen (secondary N) is 1. The van der Waals surface area contributed by atoms with Gasteiger partial charge in [-0.2, -0.15) is 13.8 Å². The summed E-state index contributed by atoms with van der Waals surface area (Å²) >= 11 is 1.16. The van der Waals surface area contributed by atoms with Crippen LogP contribution >= 0.6 is 11.7 Å². The van der Waals surface area contributed by atoms with E-state index in [1.54, 1.807) is 7.05 Å². The molecule has 1 aromatic heterocycles. The molecule has 0 saturated carbocycles. The molecule has 0 atom stereocenters. The van der Waals surface area contributed by atoms with Gasteiger partial charge in [-0.3, -0.25) is 4.84 Å². The number of amides is 2. The van der Waals surface area contributed by atoms with Crippen LogP contribution in [0.3, 0.4) is 0 Å². The van der Waals surface area contributed by atoms with Crippen molar-refractivity contribution in [2.75, 3.05) is 14.2 Å². The quantitative estimate of drug-likeness (QED) is 0.838. The standard InChI is InChI=1S/C10H12N4O2S/c1-11-10(15)14(16-2)6-7-4-3-5-8-9(7)13-17-12-8/h3-5H,6H2,1-2H3,(H,11,15). The van der Waals surface area contributed by atoms with Crippen molar-refractivity contribution >= 4 is 28.8 Å². The van der Waals surface area contributed by atoms with Crippen molar-refractivity contribution in [1.29, 1.82) is 0 Å². The topological polar surface area (TPSA) is 67.4 Å². The van der Waals surface area contributed by atoms with Crippen molar-refractivity contribution in [2.24, 2.45) is 0 Å². The number of urea groups is 1. The van der Waals surface area contributed by atoms with Gasteiger partial charge in [0.2, 0.25) is 0 Å². The van der Waals surface area contributed by atoms with E-state index in [-0.39, 0.29) is 6.03 Å². The molecule has 0 aliphatic rings. The van der Waals surface area contributed by atoms with E-state index < -0.39 is 0 Å². The zero-order valence-corrected chi connectivity index (χ0v) is 10.3. The molecular weight excluding hydrogens is 240 g/mol. The van der Waals surface area contributed by atoms with Gasteiger partial charge in [0.1, 0.15) is 11.0 Å². The molecule has 90 valence electrons. The molecule has 2 rings (SSSR count). The molecule has 6 nitrogen and oxygen atoms in total. The molecule has 2 amide bonds. The van der Waals surface area contributed by atoms with Crippen LogP contribution in [0.25, 0.3) is 11.0 Å². The number of fused-ring (bicyclic) bond motifs is 1. The first-order chi connectivity index (χ1) is 8.26. The Morgan fingerprint density at radius 1 is 1.53 bits per heavy atom. The number of hydrogen-bond acceptors (Lipinski definition) is 5. The lowest BCUT2D eigenvalue weighted by molar-refractivity contribution is -0.0924. The summed E-state index contributed by atoms with van der Waals surface area (Å²) in [6, 6.07) is 5.38. The highest BCUT2D eigenvalue weighted by Gasteiger charge is 2.14. The third-order valence-electron chi connectivity index (χ3n) is 2.34. The van der Waals surface area contributed by atoms with Crippen LogP contribution in [-0.4, -0.2) is 34.0 Å². The molecule has 17 heavy (non-hydrogen) atoms. The van der Waals surface area contributed by atoms with E-state index in [2.05, 4.69) is 14.1 Å². The summed E-state index contributed by atoms with van der Waals surface area (Å²) in [5.74, 6) is 0. The summed E-state index contributed by atoms with van der Waals surface area (Å²) in [6.45, 7) is 0.332. The molecule has 0 fully saturated rings. The summed E-state index contributed by atoms with van der Waals surface area (Å²) < 4.78 is 8.36. The monoisotopic (exact) mass is 252 g/mol. The third kappa shape index (κ3) is 2.34. The summed E-state index contributed by atoms with van der Waals surface area (Å²) in [7, 11) is 3.01. The molecule has 1 aromatic carbocycles. The molecule has 1 N–H and O–H groups in total. The van der Waals surface area contributed by atoms with Gasteiger partial charge in [0, 0.05) is 12.6 Å². The number of nitrogens with zero attached hydrogens (tertiary/aromatic N) is 3. The number of carbonyl (C=O) groups excluding carboxylic acids is 1. The number of hydroxylamine groups is 2. The highest BCUT2D eigenvalue weighted by Crippen LogP contribution is 2.18. The van der Waals surface area contributed by atoms with Crippen LogP contribution < -0.4 is 5.32 Å². The van der Waals surface area contributed by atoms with Gasteiger partial charge in [-0.05, 0) is 6.07 Å². The van der Waals surface area contributed by atoms with Crippen molar-refractivity contribution in [3.8, 4) is 0 Å². The van der Waals surface area contributed by atoms with Gasteiger partial charge in [-0.1, -0.05) is 12.1 Å². The second-order valence-corrected chi connectivity index (χ2v) is 3.85. The fourth-order valence-corrected chi connectivity index (χ4v) is 2.06. The number of hydrogen-bond donors (Lipinski definition) is 1. The van der Waals surface area contributed by atoms with Gasteiger partial charge in [-0.15, -0.1) is 0 Å². The maximum atomic E-state index is 11.5. The van der Waals surface area contributed by atoms with Crippen molar-refractivity contribution < 1.29 is 9.63 Å². The van der Waals surface area contributed by atoms with E-state index in [1.807, 2.05) is 18.2 Å². The smallest absolute Gasteiger partial charge is 0.339 e. The SMILES string of the molecule is CNC(=O)N(Cc1cccc2nsnc12)OC. The minimum absolute atomic E-state index is 0.298. The molecule has 1 heterocycles.